The Bertz CT molecular complexity index is 928. The van der Waals surface area contributed by atoms with Crippen LogP contribution in [0, 0.1) is 10.1 Å². The van der Waals surface area contributed by atoms with Crippen molar-refractivity contribution in [2.24, 2.45) is 0 Å². The summed E-state index contributed by atoms with van der Waals surface area (Å²) in [7, 11) is 0. The Morgan fingerprint density at radius 1 is 1.19 bits per heavy atom. The first-order valence-electron chi connectivity index (χ1n) is 7.98. The molecular weight excluding hydrogens is 370 g/mol. The Morgan fingerprint density at radius 2 is 1.89 bits per heavy atom. The molecule has 0 aliphatic heterocycles. The van der Waals surface area contributed by atoms with E-state index >= 15 is 0 Å². The monoisotopic (exact) mass is 385 g/mol. The number of thioether (sulfide) groups is 1. The third-order valence-corrected chi connectivity index (χ3v) is 4.61. The van der Waals surface area contributed by atoms with Crippen LogP contribution >= 0.6 is 11.8 Å². The highest BCUT2D eigenvalue weighted by molar-refractivity contribution is 8.00. The first kappa shape index (κ1) is 18.6. The molecule has 27 heavy (non-hydrogen) atoms. The van der Waals surface area contributed by atoms with Crippen LogP contribution in [0.4, 0.5) is 5.69 Å². The molecule has 0 N–H and O–H groups in total. The number of non-ortho nitro benzene ring substituents is 1. The van der Waals surface area contributed by atoms with Crippen molar-refractivity contribution in [2.75, 3.05) is 0 Å². The van der Waals surface area contributed by atoms with Gasteiger partial charge in [-0.1, -0.05) is 18.2 Å². The fraction of sp³-hybridized carbons (Fsp3) is 0.167. The van der Waals surface area contributed by atoms with Crippen molar-refractivity contribution in [1.82, 2.24) is 10.2 Å². The lowest BCUT2D eigenvalue weighted by Gasteiger charge is -2.10. The maximum Gasteiger partial charge on any atom is 0.319 e. The Kier molecular flexibility index (Phi) is 5.82. The van der Waals surface area contributed by atoms with E-state index in [1.165, 1.54) is 23.9 Å². The number of carbonyl (C=O) groups excluding carboxylic acids is 1. The van der Waals surface area contributed by atoms with Crippen LogP contribution in [0.3, 0.4) is 0 Å². The summed E-state index contributed by atoms with van der Waals surface area (Å²) in [5.41, 5.74) is 0.782. The highest BCUT2D eigenvalue weighted by Gasteiger charge is 2.18. The molecule has 1 heterocycles. The summed E-state index contributed by atoms with van der Waals surface area (Å²) in [6.45, 7) is 1.57. The predicted molar refractivity (Wildman–Crippen MR) is 97.9 cm³/mol. The van der Waals surface area contributed by atoms with E-state index in [-0.39, 0.29) is 18.2 Å². The van der Waals surface area contributed by atoms with Gasteiger partial charge in [-0.15, -0.1) is 22.0 Å². The molecule has 8 nitrogen and oxygen atoms in total. The van der Waals surface area contributed by atoms with Crippen LogP contribution in [0.15, 0.2) is 63.9 Å². The molecule has 1 aromatic heterocycles. The minimum absolute atomic E-state index is 0.000179. The van der Waals surface area contributed by atoms with Crippen molar-refractivity contribution in [3.05, 3.63) is 70.6 Å². The standard InChI is InChI=1S/C18H15N3O5S/c1-12(27-15-9-7-14(8-10-15)21(23)24)18(22)25-11-16-19-20-17(26-16)13-5-3-2-4-6-13/h2-10,12H,11H2,1H3/t12-/m0/s1. The molecule has 1 atom stereocenters. The van der Waals surface area contributed by atoms with Crippen LogP contribution in [-0.4, -0.2) is 26.3 Å². The Labute approximate surface area is 158 Å². The van der Waals surface area contributed by atoms with Crippen molar-refractivity contribution >= 4 is 23.4 Å². The van der Waals surface area contributed by atoms with Gasteiger partial charge >= 0.3 is 5.97 Å². The molecule has 0 fully saturated rings. The van der Waals surface area contributed by atoms with E-state index in [1.54, 1.807) is 19.1 Å². The molecule has 0 radical (unpaired) electrons. The number of aromatic nitrogens is 2. The molecule has 0 unspecified atom stereocenters. The fourth-order valence-corrected chi connectivity index (χ4v) is 3.02. The van der Waals surface area contributed by atoms with E-state index < -0.39 is 16.1 Å². The zero-order valence-corrected chi connectivity index (χ0v) is 15.1. The molecule has 3 aromatic rings. The van der Waals surface area contributed by atoms with Gasteiger partial charge in [-0.05, 0) is 31.2 Å². The van der Waals surface area contributed by atoms with Crippen LogP contribution in [0.1, 0.15) is 12.8 Å². The minimum atomic E-state index is -0.497. The number of esters is 1. The minimum Gasteiger partial charge on any atom is -0.455 e. The summed E-state index contributed by atoms with van der Waals surface area (Å²) in [5.74, 6) is 0.113. The van der Waals surface area contributed by atoms with Crippen molar-refractivity contribution in [3.63, 3.8) is 0 Å². The molecule has 138 valence electrons. The number of ether oxygens (including phenoxy) is 1. The van der Waals surface area contributed by atoms with E-state index in [4.69, 9.17) is 9.15 Å². The van der Waals surface area contributed by atoms with Crippen LogP contribution in [0.25, 0.3) is 11.5 Å². The molecular formula is C18H15N3O5S. The maximum atomic E-state index is 12.1. The lowest BCUT2D eigenvalue weighted by atomic mass is 10.2. The van der Waals surface area contributed by atoms with Gasteiger partial charge in [0.25, 0.3) is 11.6 Å². The van der Waals surface area contributed by atoms with E-state index in [2.05, 4.69) is 10.2 Å². The molecule has 0 aliphatic rings. The molecule has 0 amide bonds. The zero-order valence-electron chi connectivity index (χ0n) is 14.3. The summed E-state index contributed by atoms with van der Waals surface area (Å²) < 4.78 is 10.7. The van der Waals surface area contributed by atoms with Gasteiger partial charge in [0.05, 0.1) is 4.92 Å². The van der Waals surface area contributed by atoms with Crippen LogP contribution in [0.2, 0.25) is 0 Å². The van der Waals surface area contributed by atoms with Crippen molar-refractivity contribution in [3.8, 4) is 11.5 Å². The topological polar surface area (TPSA) is 108 Å². The maximum absolute atomic E-state index is 12.1. The largest absolute Gasteiger partial charge is 0.455 e. The van der Waals surface area contributed by atoms with Gasteiger partial charge in [-0.2, -0.15) is 0 Å². The highest BCUT2D eigenvalue weighted by atomic mass is 32.2. The Hall–Kier alpha value is -3.20. The quantitative estimate of drug-likeness (QED) is 0.261. The third-order valence-electron chi connectivity index (χ3n) is 3.52. The average Bonchev–Trinajstić information content (AvgIpc) is 3.16. The molecule has 0 spiro atoms. The van der Waals surface area contributed by atoms with Crippen molar-refractivity contribution in [1.29, 1.82) is 0 Å². The summed E-state index contributed by atoms with van der Waals surface area (Å²) in [4.78, 5) is 23.0. The summed E-state index contributed by atoms with van der Waals surface area (Å²) in [6.07, 6.45) is 0. The SMILES string of the molecule is C[C@H](Sc1ccc([N+](=O)[O-])cc1)C(=O)OCc1nnc(-c2ccccc2)o1. The third kappa shape index (κ3) is 4.91. The smallest absolute Gasteiger partial charge is 0.319 e. The molecule has 3 rings (SSSR count). The molecule has 0 saturated carbocycles. The lowest BCUT2D eigenvalue weighted by molar-refractivity contribution is -0.384. The van der Waals surface area contributed by atoms with Crippen LogP contribution in [0.5, 0.6) is 0 Å². The second-order valence-corrected chi connectivity index (χ2v) is 6.90. The van der Waals surface area contributed by atoms with E-state index in [0.717, 1.165) is 10.5 Å². The Balaban J connectivity index is 1.53. The average molecular weight is 385 g/mol. The van der Waals surface area contributed by atoms with Gasteiger partial charge in [0.15, 0.2) is 6.61 Å². The first-order valence-corrected chi connectivity index (χ1v) is 8.86. The predicted octanol–water partition coefficient (Wildman–Crippen LogP) is 3.87. The molecule has 0 bridgehead atoms. The van der Waals surface area contributed by atoms with Gasteiger partial charge in [-0.3, -0.25) is 14.9 Å². The van der Waals surface area contributed by atoms with Gasteiger partial charge in [-0.25, -0.2) is 0 Å². The van der Waals surface area contributed by atoms with Crippen molar-refractivity contribution < 1.29 is 18.9 Å². The Morgan fingerprint density at radius 3 is 2.56 bits per heavy atom. The van der Waals surface area contributed by atoms with E-state index in [0.29, 0.717) is 5.89 Å². The number of nitrogens with zero attached hydrogens (tertiary/aromatic N) is 3. The number of rotatable bonds is 7. The summed E-state index contributed by atoms with van der Waals surface area (Å²) in [6, 6.07) is 15.2. The summed E-state index contributed by atoms with van der Waals surface area (Å²) >= 11 is 1.25. The fourth-order valence-electron chi connectivity index (χ4n) is 2.16. The second-order valence-electron chi connectivity index (χ2n) is 5.49. The number of carbonyl (C=O) groups is 1. The first-order chi connectivity index (χ1) is 13.0. The number of nitro benzene ring substituents is 1. The van der Waals surface area contributed by atoms with Gasteiger partial charge in [0, 0.05) is 22.6 Å². The summed E-state index contributed by atoms with van der Waals surface area (Å²) in [5, 5.41) is 18.0. The number of hydrogen-bond acceptors (Lipinski definition) is 8. The van der Waals surface area contributed by atoms with Crippen LogP contribution < -0.4 is 0 Å². The molecule has 0 aliphatic carbocycles. The van der Waals surface area contributed by atoms with Gasteiger partial charge in [0.1, 0.15) is 5.25 Å². The number of nitro groups is 1. The second kappa shape index (κ2) is 8.45. The van der Waals surface area contributed by atoms with E-state index in [1.807, 2.05) is 30.3 Å². The molecule has 2 aromatic carbocycles. The van der Waals surface area contributed by atoms with Crippen LogP contribution in [-0.2, 0) is 16.1 Å². The zero-order chi connectivity index (χ0) is 19.2. The molecule has 9 heteroatoms. The van der Waals surface area contributed by atoms with Gasteiger partial charge < -0.3 is 9.15 Å². The van der Waals surface area contributed by atoms with Gasteiger partial charge in [0.2, 0.25) is 5.89 Å². The number of hydrogen-bond donors (Lipinski definition) is 0. The molecule has 0 saturated heterocycles. The number of benzene rings is 2. The highest BCUT2D eigenvalue weighted by Crippen LogP contribution is 2.26. The van der Waals surface area contributed by atoms with Crippen molar-refractivity contribution in [2.45, 2.75) is 23.7 Å². The normalized spacial score (nSPS) is 11.7. The lowest BCUT2D eigenvalue weighted by Crippen LogP contribution is -2.16. The van der Waals surface area contributed by atoms with E-state index in [9.17, 15) is 14.9 Å².